The van der Waals surface area contributed by atoms with Gasteiger partial charge in [0, 0.05) is 18.0 Å². The summed E-state index contributed by atoms with van der Waals surface area (Å²) >= 11 is 0. The Balaban J connectivity index is 2.40. The molecular formula is C18H18F3N3. The van der Waals surface area contributed by atoms with E-state index in [2.05, 4.69) is 15.1 Å². The van der Waals surface area contributed by atoms with Gasteiger partial charge in [-0.3, -0.25) is 4.98 Å². The van der Waals surface area contributed by atoms with Crippen LogP contribution in [0.2, 0.25) is 0 Å². The Morgan fingerprint density at radius 3 is 2.54 bits per heavy atom. The molecule has 1 N–H and O–H groups in total. The Kier molecular flexibility index (Phi) is 5.58. The third kappa shape index (κ3) is 4.12. The van der Waals surface area contributed by atoms with Gasteiger partial charge in [-0.15, -0.1) is 0 Å². The molecule has 6 heteroatoms. The number of hydrogen-bond donors (Lipinski definition) is 1. The zero-order valence-electron chi connectivity index (χ0n) is 13.5. The van der Waals surface area contributed by atoms with Crippen molar-refractivity contribution in [3.8, 4) is 11.1 Å². The second kappa shape index (κ2) is 7.45. The molecule has 126 valence electrons. The normalized spacial score (nSPS) is 12.7. The molecule has 0 aliphatic rings. The molecule has 2 rings (SSSR count). The largest absolute Gasteiger partial charge is 0.407 e. The van der Waals surface area contributed by atoms with E-state index < -0.39 is 12.2 Å². The van der Waals surface area contributed by atoms with Gasteiger partial charge in [0.1, 0.15) is 6.04 Å². The molecule has 0 saturated heterocycles. The van der Waals surface area contributed by atoms with Crippen LogP contribution in [0.3, 0.4) is 0 Å². The highest BCUT2D eigenvalue weighted by Crippen LogP contribution is 2.34. The van der Waals surface area contributed by atoms with Crippen LogP contribution in [0, 0.1) is 13.5 Å². The maximum absolute atomic E-state index is 13.3. The molecule has 1 unspecified atom stereocenters. The van der Waals surface area contributed by atoms with Crippen molar-refractivity contribution in [2.24, 2.45) is 0 Å². The molecule has 0 amide bonds. The predicted octanol–water partition coefficient (Wildman–Crippen LogP) is 5.21. The number of aromatic nitrogens is 1. The number of alkyl halides is 3. The molecule has 0 aliphatic carbocycles. The lowest BCUT2D eigenvalue weighted by Crippen LogP contribution is -2.34. The first-order chi connectivity index (χ1) is 11.4. The van der Waals surface area contributed by atoms with E-state index in [9.17, 15) is 13.2 Å². The molecule has 1 heterocycles. The van der Waals surface area contributed by atoms with Crippen molar-refractivity contribution in [3.05, 3.63) is 59.2 Å². The first kappa shape index (κ1) is 18.0. The van der Waals surface area contributed by atoms with E-state index in [1.54, 1.807) is 25.1 Å². The van der Waals surface area contributed by atoms with Gasteiger partial charge in [-0.25, -0.2) is 4.85 Å². The van der Waals surface area contributed by atoms with E-state index in [1.807, 2.05) is 6.92 Å². The molecule has 2 aromatic rings. The molecule has 0 fully saturated rings. The van der Waals surface area contributed by atoms with Crippen molar-refractivity contribution < 1.29 is 13.2 Å². The Bertz CT molecular complexity index is 748. The Labute approximate surface area is 139 Å². The van der Waals surface area contributed by atoms with E-state index >= 15 is 0 Å². The summed E-state index contributed by atoms with van der Waals surface area (Å²) in [5.41, 5.74) is 2.73. The summed E-state index contributed by atoms with van der Waals surface area (Å²) in [6.07, 6.45) is -1.01. The summed E-state index contributed by atoms with van der Waals surface area (Å²) in [6.45, 7) is 11.0. The number of rotatable bonds is 5. The molecule has 1 aromatic heterocycles. The molecule has 1 atom stereocenters. The molecule has 24 heavy (non-hydrogen) atoms. The quantitative estimate of drug-likeness (QED) is 0.761. The molecule has 0 saturated carbocycles. The average molecular weight is 333 g/mol. The van der Waals surface area contributed by atoms with Crippen LogP contribution in [0.1, 0.15) is 30.5 Å². The Hall–Kier alpha value is -2.39. The summed E-state index contributed by atoms with van der Waals surface area (Å²) in [5, 5.41) is 2.53. The van der Waals surface area contributed by atoms with Gasteiger partial charge in [-0.05, 0) is 42.6 Å². The van der Waals surface area contributed by atoms with Crippen LogP contribution in [0.5, 0.6) is 0 Å². The highest BCUT2D eigenvalue weighted by molar-refractivity contribution is 5.68. The maximum atomic E-state index is 13.3. The summed E-state index contributed by atoms with van der Waals surface area (Å²) in [5.74, 6) is 0. The molecule has 0 spiro atoms. The van der Waals surface area contributed by atoms with Gasteiger partial charge in [-0.1, -0.05) is 25.1 Å². The zero-order valence-corrected chi connectivity index (χ0v) is 13.5. The Morgan fingerprint density at radius 1 is 1.21 bits per heavy atom. The van der Waals surface area contributed by atoms with E-state index in [-0.39, 0.29) is 12.1 Å². The smallest absolute Gasteiger partial charge is 0.302 e. The van der Waals surface area contributed by atoms with Crippen LogP contribution in [0.15, 0.2) is 36.7 Å². The third-order valence-electron chi connectivity index (χ3n) is 3.67. The van der Waals surface area contributed by atoms with Crippen LogP contribution in [0.25, 0.3) is 16.0 Å². The molecule has 3 nitrogen and oxygen atoms in total. The lowest BCUT2D eigenvalue weighted by molar-refractivity contribution is -0.157. The van der Waals surface area contributed by atoms with Gasteiger partial charge in [0.25, 0.3) is 0 Å². The van der Waals surface area contributed by atoms with Crippen molar-refractivity contribution in [1.82, 2.24) is 10.3 Å². The van der Waals surface area contributed by atoms with Gasteiger partial charge >= 0.3 is 6.18 Å². The van der Waals surface area contributed by atoms with Crippen molar-refractivity contribution in [1.29, 1.82) is 0 Å². The fraction of sp³-hybridized carbons (Fsp3) is 0.333. The summed E-state index contributed by atoms with van der Waals surface area (Å²) < 4.78 is 39.9. The number of hydrogen-bond acceptors (Lipinski definition) is 2. The number of pyridine rings is 1. The van der Waals surface area contributed by atoms with Crippen molar-refractivity contribution in [2.75, 3.05) is 6.54 Å². The number of halogens is 3. The van der Waals surface area contributed by atoms with E-state index in [0.29, 0.717) is 17.7 Å². The van der Waals surface area contributed by atoms with Gasteiger partial charge < -0.3 is 5.32 Å². The highest BCUT2D eigenvalue weighted by atomic mass is 19.4. The molecular weight excluding hydrogens is 315 g/mol. The third-order valence-corrected chi connectivity index (χ3v) is 3.67. The fourth-order valence-electron chi connectivity index (χ4n) is 2.45. The van der Waals surface area contributed by atoms with Gasteiger partial charge in [0.05, 0.1) is 6.57 Å². The lowest BCUT2D eigenvalue weighted by Gasteiger charge is -2.22. The maximum Gasteiger partial charge on any atom is 0.407 e. The minimum Gasteiger partial charge on any atom is -0.302 e. The molecule has 0 aliphatic heterocycles. The summed E-state index contributed by atoms with van der Waals surface area (Å²) in [7, 11) is 0. The van der Waals surface area contributed by atoms with Crippen LogP contribution in [0.4, 0.5) is 18.9 Å². The SMILES string of the molecule is [C-]#[N+]c1ccc(-c2cncc(C(NCCC)C(F)(F)F)c2)cc1C. The zero-order chi connectivity index (χ0) is 17.7. The first-order valence-electron chi connectivity index (χ1n) is 7.60. The second-order valence-corrected chi connectivity index (χ2v) is 5.55. The highest BCUT2D eigenvalue weighted by Gasteiger charge is 2.40. The van der Waals surface area contributed by atoms with Crippen LogP contribution in [-0.4, -0.2) is 17.7 Å². The first-order valence-corrected chi connectivity index (χ1v) is 7.60. The Morgan fingerprint density at radius 2 is 1.96 bits per heavy atom. The number of nitrogens with zero attached hydrogens (tertiary/aromatic N) is 2. The van der Waals surface area contributed by atoms with E-state index in [0.717, 1.165) is 11.1 Å². The van der Waals surface area contributed by atoms with Crippen LogP contribution >= 0.6 is 0 Å². The molecule has 0 bridgehead atoms. The predicted molar refractivity (Wildman–Crippen MR) is 87.8 cm³/mol. The number of aryl methyl sites for hydroxylation is 1. The fourth-order valence-corrected chi connectivity index (χ4v) is 2.45. The lowest BCUT2D eigenvalue weighted by atomic mass is 10.00. The number of nitrogens with one attached hydrogen (secondary N) is 1. The van der Waals surface area contributed by atoms with Gasteiger partial charge in [-0.2, -0.15) is 13.2 Å². The summed E-state index contributed by atoms with van der Waals surface area (Å²) in [4.78, 5) is 7.37. The van der Waals surface area contributed by atoms with E-state index in [4.69, 9.17) is 6.57 Å². The van der Waals surface area contributed by atoms with E-state index in [1.165, 1.54) is 18.5 Å². The average Bonchev–Trinajstić information content (AvgIpc) is 2.54. The minimum absolute atomic E-state index is 0.0837. The molecule has 1 aromatic carbocycles. The van der Waals surface area contributed by atoms with Crippen LogP contribution < -0.4 is 5.32 Å². The van der Waals surface area contributed by atoms with Crippen LogP contribution in [-0.2, 0) is 0 Å². The number of benzene rings is 1. The molecule has 0 radical (unpaired) electrons. The standard InChI is InChI=1S/C18H18F3N3/c1-4-7-24-17(18(19,20)21)15-9-14(10-23-11-15)13-5-6-16(22-3)12(2)8-13/h5-6,8-11,17,24H,4,7H2,1-2H3. The monoisotopic (exact) mass is 333 g/mol. The topological polar surface area (TPSA) is 29.3 Å². The van der Waals surface area contributed by atoms with Gasteiger partial charge in [0.15, 0.2) is 5.69 Å². The minimum atomic E-state index is -4.39. The van der Waals surface area contributed by atoms with Crippen molar-refractivity contribution >= 4 is 5.69 Å². The van der Waals surface area contributed by atoms with Gasteiger partial charge in [0.2, 0.25) is 0 Å². The summed E-state index contributed by atoms with van der Waals surface area (Å²) in [6, 6.07) is 4.94. The van der Waals surface area contributed by atoms with Crippen molar-refractivity contribution in [3.63, 3.8) is 0 Å². The second-order valence-electron chi connectivity index (χ2n) is 5.55. The van der Waals surface area contributed by atoms with Crippen molar-refractivity contribution in [2.45, 2.75) is 32.5 Å².